The lowest BCUT2D eigenvalue weighted by atomic mass is 9.48. The quantitative estimate of drug-likeness (QED) is 0.102. The van der Waals surface area contributed by atoms with Crippen molar-refractivity contribution in [3.05, 3.63) is 166 Å². The van der Waals surface area contributed by atoms with Crippen molar-refractivity contribution in [1.29, 1.82) is 0 Å². The summed E-state index contributed by atoms with van der Waals surface area (Å²) in [6.07, 6.45) is 58.4. The molecule has 16 aliphatic rings. The minimum Gasteiger partial charge on any atom is -0.393 e. The second kappa shape index (κ2) is 28.0. The Bertz CT molecular complexity index is 4400. The number of benzene rings is 3. The van der Waals surface area contributed by atoms with Crippen molar-refractivity contribution in [3.8, 4) is 0 Å². The van der Waals surface area contributed by atoms with Crippen LogP contribution in [0.15, 0.2) is 166 Å². The van der Waals surface area contributed by atoms with Gasteiger partial charge in [-0.1, -0.05) is 163 Å². The molecule has 3 aromatic carbocycles. The maximum absolute atomic E-state index is 10.2. The van der Waals surface area contributed by atoms with Crippen LogP contribution in [0.5, 0.6) is 0 Å². The molecule has 12 unspecified atom stereocenters. The van der Waals surface area contributed by atoms with Gasteiger partial charge in [0.05, 0.1) is 57.5 Å². The third-order valence-corrected chi connectivity index (χ3v) is 37.2. The molecule has 3 aromatic heterocycles. The van der Waals surface area contributed by atoms with Crippen LogP contribution >= 0.6 is 46.6 Å². The van der Waals surface area contributed by atoms with Gasteiger partial charge >= 0.3 is 0 Å². The Labute approximate surface area is 680 Å². The third-order valence-electron chi connectivity index (χ3n) is 35.6. The van der Waals surface area contributed by atoms with Crippen LogP contribution in [0.1, 0.15) is 235 Å². The fourth-order valence-electron chi connectivity index (χ4n) is 29.3. The average molecular weight is 1690 g/mol. The van der Waals surface area contributed by atoms with E-state index < -0.39 is 0 Å². The predicted molar refractivity (Wildman–Crippen MR) is 462 cm³/mol. The molecule has 6 aromatic rings. The lowest BCUT2D eigenvalue weighted by Gasteiger charge is -2.57. The molecule has 24 atom stereocenters. The van der Waals surface area contributed by atoms with Crippen molar-refractivity contribution in [2.75, 3.05) is 0 Å². The van der Waals surface area contributed by atoms with Crippen molar-refractivity contribution in [2.24, 2.45) is 114 Å². The fraction of sp³-hybridized carbons (Fsp3) is 0.619. The molecule has 0 amide bonds. The van der Waals surface area contributed by atoms with Gasteiger partial charge in [-0.05, 0) is 335 Å². The van der Waals surface area contributed by atoms with Crippen molar-refractivity contribution >= 4 is 96.8 Å². The van der Waals surface area contributed by atoms with Gasteiger partial charge in [-0.15, -0.1) is 24.0 Å². The highest BCUT2D eigenvalue weighted by Crippen LogP contribution is 2.71. The smallest absolute Gasteiger partial charge is 0.100 e. The number of aromatic nitrogens is 6. The topological polar surface area (TPSA) is 134 Å². The van der Waals surface area contributed by atoms with Crippen molar-refractivity contribution < 1.29 is 20.4 Å². The molecule has 8 saturated carbocycles. The zero-order valence-corrected chi connectivity index (χ0v) is 71.1. The van der Waals surface area contributed by atoms with Crippen LogP contribution in [-0.2, 0) is 0 Å². The average Bonchev–Trinajstić information content (AvgIpc) is 1.64. The molecule has 0 radical (unpaired) electrons. The summed E-state index contributed by atoms with van der Waals surface area (Å²) in [7, 11) is 0. The number of imidazole rings is 3. The summed E-state index contributed by atoms with van der Waals surface area (Å²) in [5.74, 6) is 9.39. The van der Waals surface area contributed by atoms with Crippen LogP contribution in [-0.4, -0.2) is 73.5 Å². The van der Waals surface area contributed by atoms with E-state index in [4.69, 9.17) is 0 Å². The fourth-order valence-corrected chi connectivity index (χ4v) is 30.2. The van der Waals surface area contributed by atoms with Crippen molar-refractivity contribution in [2.45, 2.75) is 260 Å². The number of halogens is 2. The molecule has 16 aliphatic carbocycles. The Hall–Kier alpha value is -4.71. The van der Waals surface area contributed by atoms with Gasteiger partial charge in [0.15, 0.2) is 0 Å². The summed E-state index contributed by atoms with van der Waals surface area (Å²) in [6.45, 7) is 20.1. The molecule has 580 valence electrons. The summed E-state index contributed by atoms with van der Waals surface area (Å²) in [5, 5.41) is 40.7. The first-order valence-electron chi connectivity index (χ1n) is 43.2. The summed E-state index contributed by atoms with van der Waals surface area (Å²) >= 11 is 2.60. The molecule has 0 aliphatic heterocycles. The Morgan fingerprint density at radius 2 is 0.550 bits per heavy atom. The van der Waals surface area contributed by atoms with Gasteiger partial charge in [0.1, 0.15) is 19.0 Å². The lowest BCUT2D eigenvalue weighted by Crippen LogP contribution is -2.50. The Balaban J connectivity index is 0.000000103. The lowest BCUT2D eigenvalue weighted by molar-refractivity contribution is -0.0268. The molecule has 109 heavy (non-hydrogen) atoms. The third kappa shape index (κ3) is 11.8. The highest BCUT2D eigenvalue weighted by atomic mass is 127. The van der Waals surface area contributed by atoms with Crippen LogP contribution in [0.2, 0.25) is 0 Å². The van der Waals surface area contributed by atoms with E-state index >= 15 is 0 Å². The second-order valence-electron chi connectivity index (χ2n) is 40.0. The van der Waals surface area contributed by atoms with Gasteiger partial charge in [-0.2, -0.15) is 0 Å². The number of aliphatic hydroxyl groups excluding tert-OH is 4. The number of hydrogen-bond acceptors (Lipinski definition) is 7. The summed E-state index contributed by atoms with van der Waals surface area (Å²) < 4.78 is 8.75. The van der Waals surface area contributed by atoms with Crippen molar-refractivity contribution in [1.82, 2.24) is 28.7 Å². The number of fused-ring (bicyclic) bond motifs is 23. The highest BCUT2D eigenvalue weighted by Gasteiger charge is 2.62. The van der Waals surface area contributed by atoms with Crippen LogP contribution < -0.4 is 0 Å². The Kier molecular flexibility index (Phi) is 19.5. The molecule has 4 N–H and O–H groups in total. The Morgan fingerprint density at radius 1 is 0.303 bits per heavy atom. The normalized spacial score (nSPS) is 43.1. The van der Waals surface area contributed by atoms with E-state index in [-0.39, 0.29) is 64.6 Å². The molecule has 22 rings (SSSR count). The zero-order valence-electron chi connectivity index (χ0n) is 66.6. The van der Waals surface area contributed by atoms with E-state index in [0.717, 1.165) is 158 Å². The number of allylic oxidation sites excluding steroid dienone is 12. The molecule has 8 fully saturated rings. The van der Waals surface area contributed by atoms with Crippen LogP contribution in [0.4, 0.5) is 0 Å². The predicted octanol–water partition coefficient (Wildman–Crippen LogP) is 23.3. The SMILES string of the molecule is C[C@]12CC[C@H](O)CC1=CCC1C2CC[C@]2(C)C(I)=CCC12.C[C@]12CC[C@H](O)CC1=CCC1C2CC[C@]2(C)C(n3cnc4ccccc43)=CCC12.C[C@]12CC[C@H](O)CC1=CCC1C2CC[C@]2(C)C(n3cnc4ccccc43)=CCC12.C[C@]12CC[C@H](O)CC1=CCC1C2CC[C@]2(C)C(n3cnc4ccccc43)=CCC12.I. The van der Waals surface area contributed by atoms with Gasteiger partial charge in [-0.3, -0.25) is 0 Å². The monoisotopic (exact) mass is 1690 g/mol. The zero-order chi connectivity index (χ0) is 74.2. The van der Waals surface area contributed by atoms with E-state index in [0.29, 0.717) is 27.1 Å². The largest absolute Gasteiger partial charge is 0.393 e. The molecular weight excluding hydrogens is 1570 g/mol. The van der Waals surface area contributed by atoms with E-state index in [9.17, 15) is 20.4 Å². The van der Waals surface area contributed by atoms with E-state index in [1.165, 1.54) is 143 Å². The first-order valence-corrected chi connectivity index (χ1v) is 44.3. The minimum absolute atomic E-state index is 0. The maximum atomic E-state index is 10.2. The molecule has 10 nitrogen and oxygen atoms in total. The molecule has 0 bridgehead atoms. The summed E-state index contributed by atoms with van der Waals surface area (Å²) in [6, 6.07) is 25.6. The van der Waals surface area contributed by atoms with E-state index in [1.807, 2.05) is 19.0 Å². The van der Waals surface area contributed by atoms with E-state index in [2.05, 4.69) is 228 Å². The molecular formula is C97H124I2N6O4. The molecule has 0 spiro atoms. The van der Waals surface area contributed by atoms with Gasteiger partial charge < -0.3 is 34.1 Å². The van der Waals surface area contributed by atoms with Crippen LogP contribution in [0, 0.1) is 114 Å². The van der Waals surface area contributed by atoms with E-state index in [1.54, 1.807) is 25.9 Å². The number of para-hydroxylation sites is 6. The first-order chi connectivity index (χ1) is 52.0. The molecule has 12 heteroatoms. The summed E-state index contributed by atoms with van der Waals surface area (Å²) in [5.41, 5.74) is 20.2. The van der Waals surface area contributed by atoms with Crippen LogP contribution in [0.3, 0.4) is 0 Å². The van der Waals surface area contributed by atoms with Crippen molar-refractivity contribution in [3.63, 3.8) is 0 Å². The number of rotatable bonds is 3. The van der Waals surface area contributed by atoms with Gasteiger partial charge in [0.2, 0.25) is 0 Å². The maximum Gasteiger partial charge on any atom is 0.100 e. The number of nitrogens with zero attached hydrogens (tertiary/aromatic N) is 6. The summed E-state index contributed by atoms with van der Waals surface area (Å²) in [4.78, 5) is 14.0. The molecule has 0 saturated heterocycles. The molecule has 3 heterocycles. The van der Waals surface area contributed by atoms with Gasteiger partial charge in [-0.25, -0.2) is 15.0 Å². The van der Waals surface area contributed by atoms with Crippen LogP contribution in [0.25, 0.3) is 50.2 Å². The van der Waals surface area contributed by atoms with Gasteiger partial charge in [0, 0.05) is 38.8 Å². The number of hydrogen-bond donors (Lipinski definition) is 4. The standard InChI is InChI=1S/3C26H32N2O.C19H27IO.HI/c3*1-25-13-11-18(29)15-17(25)7-8-19-20-9-10-24(26(20,2)14-12-21(19)25)28-16-27-22-5-3-4-6-23(22)28;1-18-9-7-13(21)11-12(18)3-4-14-15-5-6-17(20)19(15,2)10-8-16(14)18;/h3*3-7,10,16,18-21,29H,8-9,11-15H2,1-2H3;3,6,13-16,21H,4-5,7-11H2,1-2H3;1H/t3*18-,19?,20?,21?,25-,26-;13-,14?,15?,16?,18-,19-;/m0000./s1. The Morgan fingerprint density at radius 3 is 0.844 bits per heavy atom. The second-order valence-corrected chi connectivity index (χ2v) is 41.2. The highest BCUT2D eigenvalue weighted by molar-refractivity contribution is 14.1. The minimum atomic E-state index is -0.117. The first kappa shape index (κ1) is 75.6. The van der Waals surface area contributed by atoms with Gasteiger partial charge in [0.25, 0.3) is 0 Å². The number of aliphatic hydroxyl groups is 4.